The normalized spacial score (nSPS) is 19.0. The molecule has 1 aliphatic rings. The number of carbonyl (C=O) groups is 2. The topological polar surface area (TPSA) is 66.4 Å². The summed E-state index contributed by atoms with van der Waals surface area (Å²) in [5.74, 6) is -1.18. The molecule has 0 heterocycles. The lowest BCUT2D eigenvalue weighted by atomic mass is 9.95. The maximum Gasteiger partial charge on any atom is 0.329 e. The van der Waals surface area contributed by atoms with E-state index in [0.717, 1.165) is 36.8 Å². The lowest BCUT2D eigenvalue weighted by molar-refractivity contribution is -0.146. The van der Waals surface area contributed by atoms with Gasteiger partial charge in [-0.25, -0.2) is 4.79 Å². The fraction of sp³-hybridized carbons (Fsp3) is 0.692. The van der Waals surface area contributed by atoms with Gasteiger partial charge in [0.15, 0.2) is 0 Å². The molecule has 0 aromatic heterocycles. The highest BCUT2D eigenvalue weighted by atomic mass is 16.4. The van der Waals surface area contributed by atoms with Gasteiger partial charge in [-0.1, -0.05) is 18.9 Å². The number of nitrogens with one attached hydrogen (secondary N) is 1. The summed E-state index contributed by atoms with van der Waals surface area (Å²) < 4.78 is 0. The van der Waals surface area contributed by atoms with Crippen molar-refractivity contribution in [2.45, 2.75) is 58.4 Å². The van der Waals surface area contributed by atoms with Crippen LogP contribution >= 0.6 is 0 Å². The molecule has 0 aromatic rings. The van der Waals surface area contributed by atoms with Crippen LogP contribution in [-0.2, 0) is 9.59 Å². The minimum absolute atomic E-state index is 0.210. The van der Waals surface area contributed by atoms with E-state index >= 15 is 0 Å². The van der Waals surface area contributed by atoms with Crippen molar-refractivity contribution in [1.82, 2.24) is 5.32 Å². The molecule has 17 heavy (non-hydrogen) atoms. The van der Waals surface area contributed by atoms with E-state index in [1.165, 1.54) is 0 Å². The SMILES string of the molecule is CCCC(C)(NC(=O)C1=C(C)CCC1)C(=O)O. The molecule has 0 aromatic carbocycles. The molecule has 96 valence electrons. The molecular formula is C13H21NO3. The second-order valence-electron chi connectivity index (χ2n) is 4.95. The molecule has 4 nitrogen and oxygen atoms in total. The zero-order valence-corrected chi connectivity index (χ0v) is 10.8. The summed E-state index contributed by atoms with van der Waals surface area (Å²) in [6.07, 6.45) is 3.87. The number of carboxylic acid groups (broad SMARTS) is 1. The highest BCUT2D eigenvalue weighted by molar-refractivity contribution is 5.98. The van der Waals surface area contributed by atoms with Gasteiger partial charge in [0, 0.05) is 5.57 Å². The van der Waals surface area contributed by atoms with Crippen LogP contribution in [0.1, 0.15) is 52.9 Å². The monoisotopic (exact) mass is 239 g/mol. The van der Waals surface area contributed by atoms with E-state index in [1.807, 2.05) is 13.8 Å². The fourth-order valence-electron chi connectivity index (χ4n) is 2.25. The Bertz CT molecular complexity index is 360. The van der Waals surface area contributed by atoms with Gasteiger partial charge in [-0.15, -0.1) is 0 Å². The summed E-state index contributed by atoms with van der Waals surface area (Å²) in [4.78, 5) is 23.2. The minimum atomic E-state index is -1.15. The molecule has 0 saturated carbocycles. The van der Waals surface area contributed by atoms with E-state index < -0.39 is 11.5 Å². The zero-order chi connectivity index (χ0) is 13.1. The summed E-state index contributed by atoms with van der Waals surface area (Å²) in [6, 6.07) is 0. The first-order chi connectivity index (χ1) is 7.90. The van der Waals surface area contributed by atoms with Crippen LogP contribution in [-0.4, -0.2) is 22.5 Å². The molecular weight excluding hydrogens is 218 g/mol. The molecule has 4 heteroatoms. The maximum absolute atomic E-state index is 12.0. The number of carboxylic acids is 1. The summed E-state index contributed by atoms with van der Waals surface area (Å²) in [5.41, 5.74) is 0.710. The lowest BCUT2D eigenvalue weighted by Gasteiger charge is -2.26. The molecule has 2 N–H and O–H groups in total. The molecule has 0 bridgehead atoms. The molecule has 0 saturated heterocycles. The summed E-state index contributed by atoms with van der Waals surface area (Å²) in [6.45, 7) is 5.43. The van der Waals surface area contributed by atoms with Gasteiger partial charge in [0.25, 0.3) is 0 Å². The standard InChI is InChI=1S/C13H21NO3/c1-4-8-13(3,12(16)17)14-11(15)10-7-5-6-9(10)2/h4-8H2,1-3H3,(H,14,15)(H,16,17). The third-order valence-electron chi connectivity index (χ3n) is 3.38. The van der Waals surface area contributed by atoms with E-state index in [4.69, 9.17) is 0 Å². The van der Waals surface area contributed by atoms with Crippen LogP contribution in [0.4, 0.5) is 0 Å². The minimum Gasteiger partial charge on any atom is -0.480 e. The molecule has 1 amide bonds. The Hall–Kier alpha value is -1.32. The Morgan fingerprint density at radius 3 is 2.47 bits per heavy atom. The molecule has 0 radical (unpaired) electrons. The Labute approximate surface area is 102 Å². The predicted molar refractivity (Wildman–Crippen MR) is 65.6 cm³/mol. The first-order valence-corrected chi connectivity index (χ1v) is 6.15. The van der Waals surface area contributed by atoms with Crippen molar-refractivity contribution in [2.24, 2.45) is 0 Å². The van der Waals surface area contributed by atoms with Crippen molar-refractivity contribution in [3.8, 4) is 0 Å². The number of hydrogen-bond donors (Lipinski definition) is 2. The van der Waals surface area contributed by atoms with Gasteiger partial charge in [-0.05, 0) is 39.5 Å². The van der Waals surface area contributed by atoms with Gasteiger partial charge in [0.1, 0.15) is 5.54 Å². The Kier molecular flexibility index (Phi) is 4.32. The summed E-state index contributed by atoms with van der Waals surface area (Å²) in [5, 5.41) is 11.9. The Morgan fingerprint density at radius 2 is 2.06 bits per heavy atom. The van der Waals surface area contributed by atoms with Crippen molar-refractivity contribution < 1.29 is 14.7 Å². The van der Waals surface area contributed by atoms with Crippen LogP contribution in [0.2, 0.25) is 0 Å². The molecule has 0 fully saturated rings. The molecule has 1 aliphatic carbocycles. The summed E-state index contributed by atoms with van der Waals surface area (Å²) in [7, 11) is 0. The van der Waals surface area contributed by atoms with E-state index in [1.54, 1.807) is 6.92 Å². The van der Waals surface area contributed by atoms with Crippen molar-refractivity contribution >= 4 is 11.9 Å². The highest BCUT2D eigenvalue weighted by Gasteiger charge is 2.35. The third kappa shape index (κ3) is 3.08. The van der Waals surface area contributed by atoms with Crippen LogP contribution in [0.5, 0.6) is 0 Å². The number of rotatable bonds is 5. The Morgan fingerprint density at radius 1 is 1.41 bits per heavy atom. The molecule has 1 unspecified atom stereocenters. The third-order valence-corrected chi connectivity index (χ3v) is 3.38. The number of amides is 1. The van der Waals surface area contributed by atoms with Gasteiger partial charge in [0.05, 0.1) is 0 Å². The molecule has 1 rings (SSSR count). The highest BCUT2D eigenvalue weighted by Crippen LogP contribution is 2.26. The van der Waals surface area contributed by atoms with Gasteiger partial charge < -0.3 is 10.4 Å². The quantitative estimate of drug-likeness (QED) is 0.773. The van der Waals surface area contributed by atoms with E-state index in [9.17, 15) is 14.7 Å². The van der Waals surface area contributed by atoms with E-state index in [-0.39, 0.29) is 5.91 Å². The van der Waals surface area contributed by atoms with Gasteiger partial charge in [0.2, 0.25) is 5.91 Å². The van der Waals surface area contributed by atoms with Crippen LogP contribution in [0, 0.1) is 0 Å². The van der Waals surface area contributed by atoms with Crippen molar-refractivity contribution in [3.05, 3.63) is 11.1 Å². The van der Waals surface area contributed by atoms with Crippen LogP contribution in [0.15, 0.2) is 11.1 Å². The maximum atomic E-state index is 12.0. The van der Waals surface area contributed by atoms with Crippen molar-refractivity contribution in [1.29, 1.82) is 0 Å². The summed E-state index contributed by atoms with van der Waals surface area (Å²) >= 11 is 0. The smallest absolute Gasteiger partial charge is 0.329 e. The second kappa shape index (κ2) is 5.34. The van der Waals surface area contributed by atoms with Crippen molar-refractivity contribution in [3.63, 3.8) is 0 Å². The van der Waals surface area contributed by atoms with Crippen LogP contribution < -0.4 is 5.32 Å². The molecule has 1 atom stereocenters. The number of allylic oxidation sites excluding steroid dienone is 1. The van der Waals surface area contributed by atoms with Crippen LogP contribution in [0.25, 0.3) is 0 Å². The number of carbonyl (C=O) groups excluding carboxylic acids is 1. The van der Waals surface area contributed by atoms with Gasteiger partial charge in [-0.3, -0.25) is 4.79 Å². The largest absolute Gasteiger partial charge is 0.480 e. The lowest BCUT2D eigenvalue weighted by Crippen LogP contribution is -2.52. The van der Waals surface area contributed by atoms with Gasteiger partial charge in [-0.2, -0.15) is 0 Å². The van der Waals surface area contributed by atoms with E-state index in [2.05, 4.69) is 5.32 Å². The van der Waals surface area contributed by atoms with Crippen LogP contribution in [0.3, 0.4) is 0 Å². The van der Waals surface area contributed by atoms with E-state index in [0.29, 0.717) is 6.42 Å². The first-order valence-electron chi connectivity index (χ1n) is 6.15. The Balaban J connectivity index is 2.78. The fourth-order valence-corrected chi connectivity index (χ4v) is 2.25. The first kappa shape index (κ1) is 13.7. The molecule has 0 aliphatic heterocycles. The zero-order valence-electron chi connectivity index (χ0n) is 10.8. The average molecular weight is 239 g/mol. The van der Waals surface area contributed by atoms with Gasteiger partial charge >= 0.3 is 5.97 Å². The molecule has 0 spiro atoms. The second-order valence-corrected chi connectivity index (χ2v) is 4.95. The predicted octanol–water partition coefficient (Wildman–Crippen LogP) is 2.25. The average Bonchev–Trinajstić information content (AvgIpc) is 2.64. The number of hydrogen-bond acceptors (Lipinski definition) is 2. The van der Waals surface area contributed by atoms with Crippen molar-refractivity contribution in [2.75, 3.05) is 0 Å². The number of aliphatic carboxylic acids is 1.